The van der Waals surface area contributed by atoms with Gasteiger partial charge in [0.25, 0.3) is 0 Å². The van der Waals surface area contributed by atoms with Gasteiger partial charge in [-0.05, 0) is 53.8 Å². The first-order valence-corrected chi connectivity index (χ1v) is 7.78. The molecule has 1 aliphatic rings. The normalized spacial score (nSPS) is 14.2. The lowest BCUT2D eigenvalue weighted by atomic mass is 9.99. The number of rotatable bonds is 5. The molecule has 3 rings (SSSR count). The Morgan fingerprint density at radius 3 is 2.62 bits per heavy atom. The fraction of sp³-hybridized carbons (Fsp3) is 0.294. The number of nitrogens with one attached hydrogen (secondary N) is 1. The lowest BCUT2D eigenvalue weighted by Crippen LogP contribution is -2.15. The standard InChI is InChI=1S/C17H17Cl2NO/c1-21-17-7-3-11(8-16(17)19)15-9-13(18)4-2-12(15)10-20-14-5-6-14/h2-4,7-9,14,20H,5-6,10H2,1H3. The monoisotopic (exact) mass is 321 g/mol. The molecule has 1 aliphatic carbocycles. The van der Waals surface area contributed by atoms with Crippen LogP contribution in [-0.2, 0) is 6.54 Å². The molecule has 4 heteroatoms. The summed E-state index contributed by atoms with van der Waals surface area (Å²) in [5, 5.41) is 4.88. The maximum Gasteiger partial charge on any atom is 0.137 e. The third-order valence-electron chi connectivity index (χ3n) is 3.69. The van der Waals surface area contributed by atoms with E-state index in [2.05, 4.69) is 11.4 Å². The van der Waals surface area contributed by atoms with E-state index in [4.69, 9.17) is 27.9 Å². The zero-order chi connectivity index (χ0) is 14.8. The molecule has 21 heavy (non-hydrogen) atoms. The first kappa shape index (κ1) is 14.7. The second-order valence-corrected chi connectivity index (χ2v) is 6.15. The highest BCUT2D eigenvalue weighted by atomic mass is 35.5. The second-order valence-electron chi connectivity index (χ2n) is 5.31. The Bertz CT molecular complexity index is 653. The first-order valence-electron chi connectivity index (χ1n) is 7.03. The van der Waals surface area contributed by atoms with Gasteiger partial charge in [0.15, 0.2) is 0 Å². The predicted molar refractivity (Wildman–Crippen MR) is 88.3 cm³/mol. The van der Waals surface area contributed by atoms with Crippen LogP contribution in [0.25, 0.3) is 11.1 Å². The van der Waals surface area contributed by atoms with Gasteiger partial charge in [-0.15, -0.1) is 0 Å². The van der Waals surface area contributed by atoms with E-state index in [1.807, 2.05) is 30.3 Å². The van der Waals surface area contributed by atoms with Crippen LogP contribution in [0, 0.1) is 0 Å². The first-order chi connectivity index (χ1) is 10.2. The molecule has 0 atom stereocenters. The van der Waals surface area contributed by atoms with Crippen LogP contribution >= 0.6 is 23.2 Å². The Kier molecular flexibility index (Phi) is 4.39. The SMILES string of the molecule is COc1ccc(-c2cc(Cl)ccc2CNC2CC2)cc1Cl. The highest BCUT2D eigenvalue weighted by Gasteiger charge is 2.20. The van der Waals surface area contributed by atoms with Gasteiger partial charge in [0, 0.05) is 17.6 Å². The van der Waals surface area contributed by atoms with Crippen molar-refractivity contribution >= 4 is 23.2 Å². The van der Waals surface area contributed by atoms with Gasteiger partial charge in [0.1, 0.15) is 5.75 Å². The van der Waals surface area contributed by atoms with Crippen LogP contribution in [0.3, 0.4) is 0 Å². The van der Waals surface area contributed by atoms with Gasteiger partial charge in [0.05, 0.1) is 12.1 Å². The highest BCUT2D eigenvalue weighted by Crippen LogP contribution is 2.33. The van der Waals surface area contributed by atoms with Crippen LogP contribution in [0.2, 0.25) is 10.0 Å². The molecule has 0 radical (unpaired) electrons. The fourth-order valence-corrected chi connectivity index (χ4v) is 2.78. The Hall–Kier alpha value is -1.22. The van der Waals surface area contributed by atoms with Gasteiger partial charge >= 0.3 is 0 Å². The third kappa shape index (κ3) is 3.52. The summed E-state index contributed by atoms with van der Waals surface area (Å²) < 4.78 is 5.21. The number of hydrogen-bond acceptors (Lipinski definition) is 2. The third-order valence-corrected chi connectivity index (χ3v) is 4.22. The van der Waals surface area contributed by atoms with Crippen LogP contribution in [0.5, 0.6) is 5.75 Å². The van der Waals surface area contributed by atoms with Crippen molar-refractivity contribution in [1.29, 1.82) is 0 Å². The van der Waals surface area contributed by atoms with Crippen molar-refractivity contribution < 1.29 is 4.74 Å². The van der Waals surface area contributed by atoms with E-state index < -0.39 is 0 Å². The van der Waals surface area contributed by atoms with Gasteiger partial charge in [-0.1, -0.05) is 35.3 Å². The van der Waals surface area contributed by atoms with Crippen molar-refractivity contribution in [2.75, 3.05) is 7.11 Å². The van der Waals surface area contributed by atoms with Crippen molar-refractivity contribution in [3.63, 3.8) is 0 Å². The summed E-state index contributed by atoms with van der Waals surface area (Å²) in [5.74, 6) is 0.681. The minimum Gasteiger partial charge on any atom is -0.495 e. The Labute approximate surface area is 135 Å². The minimum atomic E-state index is 0.607. The second kappa shape index (κ2) is 6.27. The molecule has 1 fully saturated rings. The molecule has 0 amide bonds. The Morgan fingerprint density at radius 2 is 1.95 bits per heavy atom. The fourth-order valence-electron chi connectivity index (χ4n) is 2.35. The van der Waals surface area contributed by atoms with Crippen molar-refractivity contribution in [3.8, 4) is 16.9 Å². The maximum atomic E-state index is 6.24. The zero-order valence-corrected chi connectivity index (χ0v) is 13.3. The maximum absolute atomic E-state index is 6.24. The lowest BCUT2D eigenvalue weighted by Gasteiger charge is -2.13. The van der Waals surface area contributed by atoms with E-state index in [1.54, 1.807) is 7.11 Å². The number of hydrogen-bond donors (Lipinski definition) is 1. The molecule has 1 N–H and O–H groups in total. The lowest BCUT2D eigenvalue weighted by molar-refractivity contribution is 0.415. The van der Waals surface area contributed by atoms with Crippen molar-refractivity contribution in [1.82, 2.24) is 5.32 Å². The Balaban J connectivity index is 1.94. The highest BCUT2D eigenvalue weighted by molar-refractivity contribution is 6.32. The van der Waals surface area contributed by atoms with E-state index in [1.165, 1.54) is 18.4 Å². The molecule has 110 valence electrons. The summed E-state index contributed by atoms with van der Waals surface area (Å²) in [6.45, 7) is 0.848. The molecule has 0 spiro atoms. The molecule has 0 bridgehead atoms. The summed E-state index contributed by atoms with van der Waals surface area (Å²) in [6.07, 6.45) is 2.55. The molecule has 0 aromatic heterocycles. The molecular formula is C17H17Cl2NO. The van der Waals surface area contributed by atoms with Crippen LogP contribution in [0.1, 0.15) is 18.4 Å². The number of ether oxygens (including phenoxy) is 1. The molecule has 0 aliphatic heterocycles. The summed E-state index contributed by atoms with van der Waals surface area (Å²) in [6, 6.07) is 12.5. The molecule has 0 unspecified atom stereocenters. The largest absolute Gasteiger partial charge is 0.495 e. The summed E-state index contributed by atoms with van der Waals surface area (Å²) in [4.78, 5) is 0. The van der Waals surface area contributed by atoms with Gasteiger partial charge < -0.3 is 10.1 Å². The van der Waals surface area contributed by atoms with Crippen LogP contribution in [0.4, 0.5) is 0 Å². The molecule has 2 nitrogen and oxygen atoms in total. The topological polar surface area (TPSA) is 21.3 Å². The van der Waals surface area contributed by atoms with E-state index in [0.29, 0.717) is 16.8 Å². The Morgan fingerprint density at radius 1 is 1.14 bits per heavy atom. The van der Waals surface area contributed by atoms with Gasteiger partial charge in [-0.2, -0.15) is 0 Å². The predicted octanol–water partition coefficient (Wildman–Crippen LogP) is 4.92. The van der Waals surface area contributed by atoms with Gasteiger partial charge in [-0.3, -0.25) is 0 Å². The van der Waals surface area contributed by atoms with E-state index in [9.17, 15) is 0 Å². The van der Waals surface area contributed by atoms with Crippen molar-refractivity contribution in [2.24, 2.45) is 0 Å². The molecule has 0 heterocycles. The smallest absolute Gasteiger partial charge is 0.137 e. The minimum absolute atomic E-state index is 0.607. The van der Waals surface area contributed by atoms with Crippen molar-refractivity contribution in [3.05, 3.63) is 52.0 Å². The van der Waals surface area contributed by atoms with Gasteiger partial charge in [-0.25, -0.2) is 0 Å². The van der Waals surface area contributed by atoms with Crippen molar-refractivity contribution in [2.45, 2.75) is 25.4 Å². The molecule has 2 aromatic carbocycles. The van der Waals surface area contributed by atoms with E-state index in [-0.39, 0.29) is 0 Å². The van der Waals surface area contributed by atoms with Gasteiger partial charge in [0.2, 0.25) is 0 Å². The summed E-state index contributed by atoms with van der Waals surface area (Å²) in [7, 11) is 1.62. The molecular weight excluding hydrogens is 305 g/mol. The van der Waals surface area contributed by atoms with Crippen LogP contribution < -0.4 is 10.1 Å². The average molecular weight is 322 g/mol. The molecule has 0 saturated heterocycles. The number of methoxy groups -OCH3 is 1. The van der Waals surface area contributed by atoms with E-state index >= 15 is 0 Å². The number of halogens is 2. The number of benzene rings is 2. The zero-order valence-electron chi connectivity index (χ0n) is 11.8. The molecule has 2 aromatic rings. The quantitative estimate of drug-likeness (QED) is 0.843. The van der Waals surface area contributed by atoms with E-state index in [0.717, 1.165) is 22.7 Å². The van der Waals surface area contributed by atoms with Crippen LogP contribution in [0.15, 0.2) is 36.4 Å². The average Bonchev–Trinajstić information content (AvgIpc) is 3.30. The summed E-state index contributed by atoms with van der Waals surface area (Å²) >= 11 is 12.4. The summed E-state index contributed by atoms with van der Waals surface area (Å²) in [5.41, 5.74) is 3.39. The molecule has 1 saturated carbocycles. The van der Waals surface area contributed by atoms with Crippen LogP contribution in [-0.4, -0.2) is 13.2 Å².